The Bertz CT molecular complexity index is 1510. The zero-order valence-electron chi connectivity index (χ0n) is 19.1. The van der Waals surface area contributed by atoms with E-state index >= 15 is 0 Å². The number of hydrogen-bond donors (Lipinski definition) is 0. The van der Waals surface area contributed by atoms with Crippen LogP contribution in [-0.2, 0) is 0 Å². The van der Waals surface area contributed by atoms with E-state index in [0.29, 0.717) is 0 Å². The molecule has 0 radical (unpaired) electrons. The third-order valence-corrected chi connectivity index (χ3v) is 6.12. The first-order valence-electron chi connectivity index (χ1n) is 11.4. The predicted octanol–water partition coefficient (Wildman–Crippen LogP) is 8.90. The van der Waals surface area contributed by atoms with Crippen molar-refractivity contribution in [3.05, 3.63) is 133 Å². The molecule has 0 unspecified atom stereocenters. The number of rotatable bonds is 5. The third kappa shape index (κ3) is 3.62. The standard InChI is InChI=1S/C32H27N/c1-4-12-24(13-5-2)27-19-20-28(25-14-8-6-9-15-25)32-31(27)29-22-23(3)18-21-30(29)33(32)26-16-10-7-11-17-26/h4-22H,1H2,2-3H3/b13-5-,24-12+. The van der Waals surface area contributed by atoms with Crippen molar-refractivity contribution in [2.24, 2.45) is 0 Å². The average molecular weight is 426 g/mol. The lowest BCUT2D eigenvalue weighted by atomic mass is 9.93. The number of nitrogens with zero attached hydrogens (tertiary/aromatic N) is 1. The normalized spacial score (nSPS) is 12.1. The van der Waals surface area contributed by atoms with Crippen molar-refractivity contribution < 1.29 is 0 Å². The van der Waals surface area contributed by atoms with Crippen LogP contribution in [0.4, 0.5) is 0 Å². The lowest BCUT2D eigenvalue weighted by Gasteiger charge is -2.14. The summed E-state index contributed by atoms with van der Waals surface area (Å²) < 4.78 is 2.41. The lowest BCUT2D eigenvalue weighted by molar-refractivity contribution is 1.18. The van der Waals surface area contributed by atoms with E-state index in [1.807, 2.05) is 6.08 Å². The second kappa shape index (κ2) is 8.80. The van der Waals surface area contributed by atoms with Gasteiger partial charge in [-0.05, 0) is 54.8 Å². The highest BCUT2D eigenvalue weighted by Gasteiger charge is 2.20. The highest BCUT2D eigenvalue weighted by molar-refractivity contribution is 6.18. The van der Waals surface area contributed by atoms with Gasteiger partial charge in [-0.15, -0.1) is 0 Å². The zero-order valence-corrected chi connectivity index (χ0v) is 19.1. The fraction of sp³-hybridized carbons (Fsp3) is 0.0625. The summed E-state index contributed by atoms with van der Waals surface area (Å²) in [4.78, 5) is 0. The molecule has 0 aliphatic heterocycles. The highest BCUT2D eigenvalue weighted by atomic mass is 15.0. The van der Waals surface area contributed by atoms with Crippen LogP contribution in [0.5, 0.6) is 0 Å². The summed E-state index contributed by atoms with van der Waals surface area (Å²) in [6, 6.07) is 32.6. The topological polar surface area (TPSA) is 4.93 Å². The summed E-state index contributed by atoms with van der Waals surface area (Å²) in [5.74, 6) is 0. The van der Waals surface area contributed by atoms with Gasteiger partial charge in [0.1, 0.15) is 0 Å². The molecule has 1 heteroatoms. The molecule has 1 nitrogen and oxygen atoms in total. The van der Waals surface area contributed by atoms with Crippen LogP contribution < -0.4 is 0 Å². The molecule has 160 valence electrons. The Labute approximate surface area is 195 Å². The Morgan fingerprint density at radius 2 is 1.58 bits per heavy atom. The van der Waals surface area contributed by atoms with E-state index in [4.69, 9.17) is 0 Å². The smallest absolute Gasteiger partial charge is 0.0625 e. The molecule has 5 aromatic rings. The van der Waals surface area contributed by atoms with Crippen LogP contribution in [0.1, 0.15) is 18.1 Å². The summed E-state index contributed by atoms with van der Waals surface area (Å²) >= 11 is 0. The van der Waals surface area contributed by atoms with Gasteiger partial charge in [0.2, 0.25) is 0 Å². The maximum Gasteiger partial charge on any atom is 0.0625 e. The summed E-state index contributed by atoms with van der Waals surface area (Å²) in [5, 5.41) is 2.53. The van der Waals surface area contributed by atoms with Gasteiger partial charge >= 0.3 is 0 Å². The number of hydrogen-bond acceptors (Lipinski definition) is 0. The van der Waals surface area contributed by atoms with Crippen molar-refractivity contribution in [1.82, 2.24) is 4.57 Å². The monoisotopic (exact) mass is 425 g/mol. The molecular formula is C32H27N. The Balaban J connectivity index is 2.04. The predicted molar refractivity (Wildman–Crippen MR) is 144 cm³/mol. The average Bonchev–Trinajstić information content (AvgIpc) is 3.19. The van der Waals surface area contributed by atoms with E-state index in [-0.39, 0.29) is 0 Å². The molecule has 0 aliphatic carbocycles. The van der Waals surface area contributed by atoms with Gasteiger partial charge in [0.15, 0.2) is 0 Å². The first-order valence-corrected chi connectivity index (χ1v) is 11.4. The zero-order chi connectivity index (χ0) is 22.8. The van der Waals surface area contributed by atoms with Gasteiger partial charge in [0, 0.05) is 22.0 Å². The first-order chi connectivity index (χ1) is 16.2. The molecule has 0 saturated heterocycles. The molecule has 0 N–H and O–H groups in total. The van der Waals surface area contributed by atoms with Gasteiger partial charge in [-0.3, -0.25) is 0 Å². The summed E-state index contributed by atoms with van der Waals surface area (Å²) in [5.41, 5.74) is 9.67. The Hall–Kier alpha value is -4.10. The molecule has 0 spiro atoms. The summed E-state index contributed by atoms with van der Waals surface area (Å²) in [6.45, 7) is 8.19. The molecule has 4 aromatic carbocycles. The minimum atomic E-state index is 1.16. The van der Waals surface area contributed by atoms with Crippen molar-refractivity contribution in [3.63, 3.8) is 0 Å². The van der Waals surface area contributed by atoms with Crippen LogP contribution in [0, 0.1) is 6.92 Å². The second-order valence-electron chi connectivity index (χ2n) is 8.30. The van der Waals surface area contributed by atoms with Gasteiger partial charge in [-0.1, -0.05) is 103 Å². The molecule has 0 fully saturated rings. The Kier molecular flexibility index (Phi) is 5.54. The van der Waals surface area contributed by atoms with Gasteiger partial charge in [0.05, 0.1) is 11.0 Å². The molecular weight excluding hydrogens is 398 g/mol. The maximum absolute atomic E-state index is 3.97. The highest BCUT2D eigenvalue weighted by Crippen LogP contribution is 2.42. The fourth-order valence-electron chi connectivity index (χ4n) is 4.74. The summed E-state index contributed by atoms with van der Waals surface area (Å²) in [6.07, 6.45) is 8.22. The SMILES string of the molecule is C=C/C=C(\C=C/C)c1ccc(-c2ccccc2)c2c1c1cc(C)ccc1n2-c1ccccc1. The second-order valence-corrected chi connectivity index (χ2v) is 8.30. The van der Waals surface area contributed by atoms with E-state index in [1.54, 1.807) is 0 Å². The van der Waals surface area contributed by atoms with Gasteiger partial charge in [-0.25, -0.2) is 0 Å². The summed E-state index contributed by atoms with van der Waals surface area (Å²) in [7, 11) is 0. The van der Waals surface area contributed by atoms with Crippen molar-refractivity contribution in [3.8, 4) is 16.8 Å². The van der Waals surface area contributed by atoms with E-state index in [0.717, 1.165) is 11.3 Å². The van der Waals surface area contributed by atoms with E-state index in [1.165, 1.54) is 44.1 Å². The van der Waals surface area contributed by atoms with Crippen LogP contribution in [0.2, 0.25) is 0 Å². The number of benzene rings is 4. The molecule has 0 bridgehead atoms. The molecule has 0 aliphatic rings. The molecule has 5 rings (SSSR count). The quantitative estimate of drug-likeness (QED) is 0.248. The van der Waals surface area contributed by atoms with Crippen LogP contribution in [0.25, 0.3) is 44.2 Å². The number of allylic oxidation sites excluding steroid dienone is 5. The first kappa shape index (κ1) is 20.8. The number of para-hydroxylation sites is 1. The van der Waals surface area contributed by atoms with Gasteiger partial charge in [0.25, 0.3) is 0 Å². The maximum atomic E-state index is 3.97. The van der Waals surface area contributed by atoms with Crippen molar-refractivity contribution in [1.29, 1.82) is 0 Å². The van der Waals surface area contributed by atoms with Gasteiger partial charge in [-0.2, -0.15) is 0 Å². The van der Waals surface area contributed by atoms with E-state index < -0.39 is 0 Å². The van der Waals surface area contributed by atoms with Crippen LogP contribution >= 0.6 is 0 Å². The third-order valence-electron chi connectivity index (χ3n) is 6.12. The fourth-order valence-corrected chi connectivity index (χ4v) is 4.74. The van der Waals surface area contributed by atoms with Crippen LogP contribution in [0.15, 0.2) is 122 Å². The minimum Gasteiger partial charge on any atom is -0.309 e. The number of aryl methyl sites for hydroxylation is 1. The van der Waals surface area contributed by atoms with E-state index in [2.05, 4.69) is 134 Å². The molecule has 0 atom stereocenters. The minimum absolute atomic E-state index is 1.16. The molecule has 1 aromatic heterocycles. The van der Waals surface area contributed by atoms with Crippen LogP contribution in [0.3, 0.4) is 0 Å². The van der Waals surface area contributed by atoms with Crippen molar-refractivity contribution in [2.75, 3.05) is 0 Å². The number of fused-ring (bicyclic) bond motifs is 3. The molecule has 0 amide bonds. The lowest BCUT2D eigenvalue weighted by Crippen LogP contribution is -1.96. The number of aromatic nitrogens is 1. The van der Waals surface area contributed by atoms with E-state index in [9.17, 15) is 0 Å². The largest absolute Gasteiger partial charge is 0.309 e. The molecule has 1 heterocycles. The molecule has 33 heavy (non-hydrogen) atoms. The molecule has 0 saturated carbocycles. The van der Waals surface area contributed by atoms with Gasteiger partial charge < -0.3 is 4.57 Å². The van der Waals surface area contributed by atoms with Crippen molar-refractivity contribution >= 4 is 27.4 Å². The van der Waals surface area contributed by atoms with Crippen molar-refractivity contribution in [2.45, 2.75) is 13.8 Å². The Morgan fingerprint density at radius 3 is 2.27 bits per heavy atom. The Morgan fingerprint density at radius 1 is 0.848 bits per heavy atom. The van der Waals surface area contributed by atoms with Crippen LogP contribution in [-0.4, -0.2) is 4.57 Å².